The summed E-state index contributed by atoms with van der Waals surface area (Å²) in [5, 5.41) is 0.657. The summed E-state index contributed by atoms with van der Waals surface area (Å²) in [6.45, 7) is 3.36. The van der Waals surface area contributed by atoms with Gasteiger partial charge >= 0.3 is 0 Å². The van der Waals surface area contributed by atoms with E-state index in [9.17, 15) is 13.2 Å². The zero-order valence-corrected chi connectivity index (χ0v) is 13.7. The van der Waals surface area contributed by atoms with E-state index in [1.807, 2.05) is 12.1 Å². The molecule has 1 N–H and O–H groups in total. The third-order valence-corrected chi connectivity index (χ3v) is 6.61. The van der Waals surface area contributed by atoms with Crippen LogP contribution in [-0.2, 0) is 14.8 Å². The molecule has 1 amide bonds. The second-order valence-electron chi connectivity index (χ2n) is 5.31. The molecule has 6 nitrogen and oxygen atoms in total. The van der Waals surface area contributed by atoms with Gasteiger partial charge in [-0.1, -0.05) is 6.07 Å². The minimum atomic E-state index is -3.84. The van der Waals surface area contributed by atoms with Crippen LogP contribution in [0.15, 0.2) is 28.7 Å². The molecule has 0 radical (unpaired) electrons. The van der Waals surface area contributed by atoms with Crippen molar-refractivity contribution in [3.63, 3.8) is 0 Å². The first-order valence-electron chi connectivity index (χ1n) is 6.79. The predicted octanol–water partition coefficient (Wildman–Crippen LogP) is 1.76. The second-order valence-corrected chi connectivity index (χ2v) is 8.39. The minimum absolute atomic E-state index is 0.0493. The first-order valence-corrected chi connectivity index (χ1v) is 9.09. The average molecular weight is 337 g/mol. The number of nitrogens with zero attached hydrogens (tertiary/aromatic N) is 2. The van der Waals surface area contributed by atoms with Crippen LogP contribution in [0.4, 0.5) is 0 Å². The highest BCUT2D eigenvalue weighted by atomic mass is 32.2. The van der Waals surface area contributed by atoms with Crippen LogP contribution in [-0.4, -0.2) is 24.3 Å². The van der Waals surface area contributed by atoms with Crippen LogP contribution in [0, 0.1) is 19.8 Å². The number of thiazole rings is 1. The normalized spacial score (nSPS) is 20.6. The SMILES string of the molecule is Cc1nc(C)c(S(=O)(=O)NC(=O)[C@H]2C[C@@H]2c2cccnc2)s1. The Balaban J connectivity index is 1.72. The molecule has 0 aromatic carbocycles. The third kappa shape index (κ3) is 2.89. The minimum Gasteiger partial charge on any atom is -0.274 e. The lowest BCUT2D eigenvalue weighted by Gasteiger charge is -2.05. The van der Waals surface area contributed by atoms with E-state index in [0.717, 1.165) is 16.9 Å². The van der Waals surface area contributed by atoms with Gasteiger partial charge in [-0.3, -0.25) is 9.78 Å². The number of rotatable bonds is 4. The summed E-state index contributed by atoms with van der Waals surface area (Å²) in [5.74, 6) is -0.721. The number of pyridine rings is 1. The Bertz CT molecular complexity index is 815. The molecule has 22 heavy (non-hydrogen) atoms. The molecule has 2 aromatic rings. The molecular formula is C14H15N3O3S2. The Labute approximate surface area is 132 Å². The molecule has 2 atom stereocenters. The third-order valence-electron chi connectivity index (χ3n) is 3.58. The number of aromatic nitrogens is 2. The molecular weight excluding hydrogens is 322 g/mol. The highest BCUT2D eigenvalue weighted by Gasteiger charge is 2.45. The molecule has 0 spiro atoms. The molecule has 0 aliphatic heterocycles. The largest absolute Gasteiger partial charge is 0.275 e. The summed E-state index contributed by atoms with van der Waals surface area (Å²) in [7, 11) is -3.84. The number of hydrogen-bond donors (Lipinski definition) is 1. The van der Waals surface area contributed by atoms with Crippen molar-refractivity contribution in [2.24, 2.45) is 5.92 Å². The van der Waals surface area contributed by atoms with Crippen molar-refractivity contribution in [1.82, 2.24) is 14.7 Å². The number of carbonyl (C=O) groups excluding carboxylic acids is 1. The maximum absolute atomic E-state index is 12.3. The zero-order valence-electron chi connectivity index (χ0n) is 12.1. The first-order chi connectivity index (χ1) is 10.4. The molecule has 116 valence electrons. The van der Waals surface area contributed by atoms with Crippen LogP contribution in [0.25, 0.3) is 0 Å². The van der Waals surface area contributed by atoms with E-state index in [4.69, 9.17) is 0 Å². The Morgan fingerprint density at radius 2 is 2.18 bits per heavy atom. The number of aryl methyl sites for hydroxylation is 2. The van der Waals surface area contributed by atoms with Crippen molar-refractivity contribution < 1.29 is 13.2 Å². The molecule has 0 unspecified atom stereocenters. The van der Waals surface area contributed by atoms with Gasteiger partial charge in [-0.05, 0) is 37.8 Å². The van der Waals surface area contributed by atoms with Gasteiger partial charge < -0.3 is 0 Å². The lowest BCUT2D eigenvalue weighted by atomic mass is 10.1. The van der Waals surface area contributed by atoms with E-state index in [0.29, 0.717) is 17.1 Å². The number of hydrogen-bond acceptors (Lipinski definition) is 6. The quantitative estimate of drug-likeness (QED) is 0.918. The van der Waals surface area contributed by atoms with Gasteiger partial charge in [0.25, 0.3) is 10.0 Å². The van der Waals surface area contributed by atoms with Crippen LogP contribution in [0.1, 0.15) is 28.6 Å². The molecule has 1 aliphatic rings. The number of carbonyl (C=O) groups is 1. The van der Waals surface area contributed by atoms with E-state index in [1.54, 1.807) is 26.2 Å². The summed E-state index contributed by atoms with van der Waals surface area (Å²) in [4.78, 5) is 20.3. The van der Waals surface area contributed by atoms with Crippen LogP contribution in [0.5, 0.6) is 0 Å². The van der Waals surface area contributed by atoms with E-state index in [1.165, 1.54) is 0 Å². The number of sulfonamides is 1. The van der Waals surface area contributed by atoms with Crippen molar-refractivity contribution in [1.29, 1.82) is 0 Å². The number of amides is 1. The molecule has 1 aliphatic carbocycles. The highest BCUT2D eigenvalue weighted by Crippen LogP contribution is 2.47. The molecule has 1 saturated carbocycles. The fourth-order valence-corrected chi connectivity index (χ4v) is 4.98. The smallest absolute Gasteiger partial charge is 0.274 e. The van der Waals surface area contributed by atoms with E-state index in [-0.39, 0.29) is 16.0 Å². The zero-order chi connectivity index (χ0) is 15.9. The molecule has 8 heteroatoms. The molecule has 2 aromatic heterocycles. The van der Waals surface area contributed by atoms with Gasteiger partial charge in [-0.2, -0.15) is 0 Å². The predicted molar refractivity (Wildman–Crippen MR) is 82.0 cm³/mol. The lowest BCUT2D eigenvalue weighted by molar-refractivity contribution is -0.120. The first kappa shape index (κ1) is 15.1. The molecule has 0 saturated heterocycles. The van der Waals surface area contributed by atoms with Crippen molar-refractivity contribution in [2.75, 3.05) is 0 Å². The maximum Gasteiger partial charge on any atom is 0.275 e. The number of nitrogens with one attached hydrogen (secondary N) is 1. The standard InChI is InChI=1S/C14H15N3O3S2/c1-8-14(21-9(2)16-8)22(19,20)17-13(18)12-6-11(12)10-4-3-5-15-7-10/h3-5,7,11-12H,6H2,1-2H3,(H,17,18)/t11-,12+/m1/s1. The molecule has 3 rings (SSSR count). The van der Waals surface area contributed by atoms with Crippen molar-refractivity contribution in [2.45, 2.75) is 30.4 Å². The average Bonchev–Trinajstić information content (AvgIpc) is 3.18. The van der Waals surface area contributed by atoms with Crippen LogP contribution in [0.3, 0.4) is 0 Å². The van der Waals surface area contributed by atoms with Crippen molar-refractivity contribution in [3.05, 3.63) is 40.8 Å². The van der Waals surface area contributed by atoms with Gasteiger partial charge in [0, 0.05) is 18.3 Å². The summed E-state index contributed by atoms with van der Waals surface area (Å²) >= 11 is 1.07. The van der Waals surface area contributed by atoms with E-state index >= 15 is 0 Å². The van der Waals surface area contributed by atoms with Gasteiger partial charge in [0.2, 0.25) is 5.91 Å². The summed E-state index contributed by atoms with van der Waals surface area (Å²) < 4.78 is 26.8. The van der Waals surface area contributed by atoms with Gasteiger partial charge in [0.05, 0.1) is 10.7 Å². The fourth-order valence-electron chi connectivity index (χ4n) is 2.46. The fraction of sp³-hybridized carbons (Fsp3) is 0.357. The van der Waals surface area contributed by atoms with Crippen molar-refractivity contribution >= 4 is 27.3 Å². The topological polar surface area (TPSA) is 89.0 Å². The monoisotopic (exact) mass is 337 g/mol. The Kier molecular flexibility index (Phi) is 3.73. The van der Waals surface area contributed by atoms with Gasteiger partial charge in [-0.25, -0.2) is 18.1 Å². The van der Waals surface area contributed by atoms with Gasteiger partial charge in [0.15, 0.2) is 4.21 Å². The highest BCUT2D eigenvalue weighted by molar-refractivity contribution is 7.92. The van der Waals surface area contributed by atoms with Crippen LogP contribution >= 0.6 is 11.3 Å². The van der Waals surface area contributed by atoms with Crippen molar-refractivity contribution in [3.8, 4) is 0 Å². The van der Waals surface area contributed by atoms with Gasteiger partial charge in [0.1, 0.15) is 0 Å². The van der Waals surface area contributed by atoms with E-state index in [2.05, 4.69) is 14.7 Å². The van der Waals surface area contributed by atoms with E-state index < -0.39 is 15.9 Å². The summed E-state index contributed by atoms with van der Waals surface area (Å²) in [6.07, 6.45) is 4.03. The lowest BCUT2D eigenvalue weighted by Crippen LogP contribution is -2.32. The summed E-state index contributed by atoms with van der Waals surface area (Å²) in [5.41, 5.74) is 1.38. The summed E-state index contributed by atoms with van der Waals surface area (Å²) in [6, 6.07) is 3.71. The Morgan fingerprint density at radius 3 is 2.77 bits per heavy atom. The van der Waals surface area contributed by atoms with Crippen LogP contribution in [0.2, 0.25) is 0 Å². The molecule has 0 bridgehead atoms. The molecule has 2 heterocycles. The Morgan fingerprint density at radius 1 is 1.41 bits per heavy atom. The van der Waals surface area contributed by atoms with Crippen LogP contribution < -0.4 is 4.72 Å². The molecule has 1 fully saturated rings. The Hall–Kier alpha value is -1.80. The van der Waals surface area contributed by atoms with Gasteiger partial charge in [-0.15, -0.1) is 11.3 Å². The second kappa shape index (κ2) is 5.44. The maximum atomic E-state index is 12.3.